The number of amides is 2. The number of hydrogen-bond acceptors (Lipinski definition) is 5. The molecule has 0 aliphatic carbocycles. The molecule has 164 valence electrons. The molecule has 1 aromatic carbocycles. The highest BCUT2D eigenvalue weighted by Gasteiger charge is 2.38. The third kappa shape index (κ3) is 7.84. The number of nitrogens with zero attached hydrogens (tertiary/aromatic N) is 2. The molecule has 2 rings (SSSR count). The van der Waals surface area contributed by atoms with E-state index in [1.165, 1.54) is 0 Å². The molecular formula is C20H25F3N4O3. The van der Waals surface area contributed by atoms with E-state index < -0.39 is 12.1 Å². The van der Waals surface area contributed by atoms with Gasteiger partial charge < -0.3 is 15.2 Å². The van der Waals surface area contributed by atoms with E-state index in [-0.39, 0.29) is 23.7 Å². The molecule has 1 aromatic heterocycles. The van der Waals surface area contributed by atoms with Gasteiger partial charge in [0.05, 0.1) is 0 Å². The first-order valence-corrected chi connectivity index (χ1v) is 9.75. The fourth-order valence-electron chi connectivity index (χ4n) is 2.67. The topological polar surface area (TPSA) is 97.1 Å². The summed E-state index contributed by atoms with van der Waals surface area (Å²) in [5.41, 5.74) is 1.13. The Morgan fingerprint density at radius 2 is 1.73 bits per heavy atom. The molecule has 0 unspecified atom stereocenters. The van der Waals surface area contributed by atoms with Crippen molar-refractivity contribution in [3.8, 4) is 0 Å². The van der Waals surface area contributed by atoms with Gasteiger partial charge in [0.1, 0.15) is 0 Å². The number of aryl methyl sites for hydroxylation is 1. The largest absolute Gasteiger partial charge is 0.471 e. The molecule has 2 amide bonds. The smallest absolute Gasteiger partial charge is 0.350 e. The quantitative estimate of drug-likeness (QED) is 0.550. The van der Waals surface area contributed by atoms with E-state index in [0.29, 0.717) is 36.9 Å². The summed E-state index contributed by atoms with van der Waals surface area (Å²) in [6.45, 7) is 3.75. The minimum atomic E-state index is -4.63. The Kier molecular flexibility index (Phi) is 8.37. The first-order valence-electron chi connectivity index (χ1n) is 9.75. The summed E-state index contributed by atoms with van der Waals surface area (Å²) in [6, 6.07) is 6.69. The molecule has 10 heteroatoms. The van der Waals surface area contributed by atoms with Crippen molar-refractivity contribution in [2.24, 2.45) is 0 Å². The monoisotopic (exact) mass is 426 g/mol. The van der Waals surface area contributed by atoms with E-state index in [1.807, 2.05) is 13.8 Å². The summed E-state index contributed by atoms with van der Waals surface area (Å²) < 4.78 is 41.3. The Bertz CT molecular complexity index is 833. The van der Waals surface area contributed by atoms with Gasteiger partial charge in [0.2, 0.25) is 5.91 Å². The Morgan fingerprint density at radius 1 is 1.07 bits per heavy atom. The molecule has 0 saturated carbocycles. The lowest BCUT2D eigenvalue weighted by atomic mass is 10.1. The van der Waals surface area contributed by atoms with Crippen molar-refractivity contribution in [1.29, 1.82) is 0 Å². The average molecular weight is 426 g/mol. The van der Waals surface area contributed by atoms with Crippen LogP contribution in [0.2, 0.25) is 0 Å². The SMILES string of the molecule is CC(C)NC(=O)c1ccc(NC(=O)CCCCCCc2noc(C(F)(F)F)n2)cc1. The van der Waals surface area contributed by atoms with Crippen LogP contribution in [0.4, 0.5) is 18.9 Å². The fourth-order valence-corrected chi connectivity index (χ4v) is 2.67. The van der Waals surface area contributed by atoms with Crippen molar-refractivity contribution < 1.29 is 27.3 Å². The second-order valence-corrected chi connectivity index (χ2v) is 7.18. The Morgan fingerprint density at radius 3 is 2.33 bits per heavy atom. The van der Waals surface area contributed by atoms with Crippen molar-refractivity contribution in [3.05, 3.63) is 41.5 Å². The lowest BCUT2D eigenvalue weighted by Gasteiger charge is -2.09. The lowest BCUT2D eigenvalue weighted by Crippen LogP contribution is -2.29. The summed E-state index contributed by atoms with van der Waals surface area (Å²) in [5, 5.41) is 8.88. The minimum Gasteiger partial charge on any atom is -0.350 e. The predicted octanol–water partition coefficient (Wildman–Crippen LogP) is 4.36. The van der Waals surface area contributed by atoms with Crippen LogP contribution in [0.1, 0.15) is 68.0 Å². The standard InChI is InChI=1S/C20H25F3N4O3/c1-13(2)24-18(29)14-9-11-15(12-10-14)25-17(28)8-6-4-3-5-7-16-26-19(30-27-16)20(21,22)23/h9-13H,3-8H2,1-2H3,(H,24,29)(H,25,28). The zero-order chi connectivity index (χ0) is 22.1. The second-order valence-electron chi connectivity index (χ2n) is 7.18. The van der Waals surface area contributed by atoms with Gasteiger partial charge in [0.15, 0.2) is 5.82 Å². The Balaban J connectivity index is 1.62. The third-order valence-corrected chi connectivity index (χ3v) is 4.12. The first kappa shape index (κ1) is 23.4. The van der Waals surface area contributed by atoms with Crippen LogP contribution in [0.3, 0.4) is 0 Å². The molecule has 0 aliphatic heterocycles. The van der Waals surface area contributed by atoms with Gasteiger partial charge in [-0.15, -0.1) is 0 Å². The zero-order valence-corrected chi connectivity index (χ0v) is 16.9. The molecule has 1 heterocycles. The van der Waals surface area contributed by atoms with E-state index in [4.69, 9.17) is 0 Å². The van der Waals surface area contributed by atoms with E-state index in [0.717, 1.165) is 12.8 Å². The molecule has 0 saturated heterocycles. The number of nitrogens with one attached hydrogen (secondary N) is 2. The zero-order valence-electron chi connectivity index (χ0n) is 16.9. The van der Waals surface area contributed by atoms with Crippen LogP contribution in [0.25, 0.3) is 0 Å². The van der Waals surface area contributed by atoms with Gasteiger partial charge >= 0.3 is 12.1 Å². The van der Waals surface area contributed by atoms with E-state index >= 15 is 0 Å². The third-order valence-electron chi connectivity index (χ3n) is 4.12. The number of rotatable bonds is 10. The van der Waals surface area contributed by atoms with E-state index in [2.05, 4.69) is 25.3 Å². The van der Waals surface area contributed by atoms with Crippen molar-refractivity contribution in [2.75, 3.05) is 5.32 Å². The van der Waals surface area contributed by atoms with Gasteiger partial charge in [-0.05, 0) is 51.0 Å². The minimum absolute atomic E-state index is 0.0330. The molecule has 2 aromatic rings. The summed E-state index contributed by atoms with van der Waals surface area (Å²) >= 11 is 0. The average Bonchev–Trinajstić information content (AvgIpc) is 3.14. The van der Waals surface area contributed by atoms with Crippen LogP contribution >= 0.6 is 0 Å². The molecule has 0 fully saturated rings. The molecule has 0 spiro atoms. The molecule has 2 N–H and O–H groups in total. The van der Waals surface area contributed by atoms with Gasteiger partial charge in [0, 0.05) is 30.1 Å². The summed E-state index contributed by atoms with van der Waals surface area (Å²) in [4.78, 5) is 27.2. The fraction of sp³-hybridized carbons (Fsp3) is 0.500. The van der Waals surface area contributed by atoms with Gasteiger partial charge in [-0.1, -0.05) is 18.0 Å². The highest BCUT2D eigenvalue weighted by Crippen LogP contribution is 2.27. The number of anilines is 1. The van der Waals surface area contributed by atoms with Crippen molar-refractivity contribution in [1.82, 2.24) is 15.5 Å². The van der Waals surface area contributed by atoms with Gasteiger partial charge in [-0.2, -0.15) is 18.2 Å². The highest BCUT2D eigenvalue weighted by atomic mass is 19.4. The molecule has 7 nitrogen and oxygen atoms in total. The summed E-state index contributed by atoms with van der Waals surface area (Å²) in [6.07, 6.45) is -1.24. The maximum atomic E-state index is 12.4. The Hall–Kier alpha value is -2.91. The van der Waals surface area contributed by atoms with Crippen molar-refractivity contribution in [2.45, 2.75) is 64.6 Å². The van der Waals surface area contributed by atoms with Crippen LogP contribution < -0.4 is 10.6 Å². The number of benzene rings is 1. The maximum absolute atomic E-state index is 12.4. The first-order chi connectivity index (χ1) is 14.1. The van der Waals surface area contributed by atoms with Crippen molar-refractivity contribution >= 4 is 17.5 Å². The van der Waals surface area contributed by atoms with Gasteiger partial charge in [-0.25, -0.2) is 0 Å². The number of unbranched alkanes of at least 4 members (excludes halogenated alkanes) is 3. The second kappa shape index (κ2) is 10.7. The summed E-state index contributed by atoms with van der Waals surface area (Å²) in [5.74, 6) is -1.60. The Labute approximate surface area is 172 Å². The molecule has 0 bridgehead atoms. The number of carbonyl (C=O) groups is 2. The van der Waals surface area contributed by atoms with E-state index in [1.54, 1.807) is 24.3 Å². The normalized spacial score (nSPS) is 11.5. The number of carbonyl (C=O) groups excluding carboxylic acids is 2. The molecular weight excluding hydrogens is 401 g/mol. The number of alkyl halides is 3. The van der Waals surface area contributed by atoms with Crippen LogP contribution in [-0.4, -0.2) is 28.0 Å². The molecule has 0 atom stereocenters. The predicted molar refractivity (Wildman–Crippen MR) is 104 cm³/mol. The van der Waals surface area contributed by atoms with E-state index in [9.17, 15) is 22.8 Å². The van der Waals surface area contributed by atoms with Gasteiger partial charge in [-0.3, -0.25) is 9.59 Å². The molecule has 0 aliphatic rings. The molecule has 30 heavy (non-hydrogen) atoms. The number of halogens is 3. The van der Waals surface area contributed by atoms with Gasteiger partial charge in [0.25, 0.3) is 5.91 Å². The maximum Gasteiger partial charge on any atom is 0.471 e. The van der Waals surface area contributed by atoms with Crippen LogP contribution in [0.15, 0.2) is 28.8 Å². The van der Waals surface area contributed by atoms with Crippen LogP contribution in [-0.2, 0) is 17.4 Å². The number of hydrogen-bond donors (Lipinski definition) is 2. The highest BCUT2D eigenvalue weighted by molar-refractivity contribution is 5.95. The van der Waals surface area contributed by atoms with Crippen molar-refractivity contribution in [3.63, 3.8) is 0 Å². The number of aromatic nitrogens is 2. The lowest BCUT2D eigenvalue weighted by molar-refractivity contribution is -0.159. The summed E-state index contributed by atoms with van der Waals surface area (Å²) in [7, 11) is 0. The van der Waals surface area contributed by atoms with Crippen LogP contribution in [0.5, 0.6) is 0 Å². The van der Waals surface area contributed by atoms with Crippen LogP contribution in [0, 0.1) is 0 Å². The molecule has 0 radical (unpaired) electrons.